The van der Waals surface area contributed by atoms with Crippen molar-refractivity contribution in [2.75, 3.05) is 5.73 Å². The summed E-state index contributed by atoms with van der Waals surface area (Å²) in [5.74, 6) is 6.29. The third-order valence-electron chi connectivity index (χ3n) is 3.38. The zero-order chi connectivity index (χ0) is 10.7. The molecule has 15 heavy (non-hydrogen) atoms. The molecule has 0 bridgehead atoms. The van der Waals surface area contributed by atoms with Gasteiger partial charge < -0.3 is 5.73 Å². The van der Waals surface area contributed by atoms with Crippen molar-refractivity contribution >= 4 is 5.69 Å². The maximum Gasteiger partial charge on any atom is 0.0508 e. The SMILES string of the molecule is NNC(c1ccccc1N)C1CCCC1. The predicted molar refractivity (Wildman–Crippen MR) is 62.9 cm³/mol. The van der Waals surface area contributed by atoms with Crippen LogP contribution in [0.5, 0.6) is 0 Å². The van der Waals surface area contributed by atoms with Gasteiger partial charge in [0, 0.05) is 5.69 Å². The monoisotopic (exact) mass is 205 g/mol. The summed E-state index contributed by atoms with van der Waals surface area (Å²) >= 11 is 0. The largest absolute Gasteiger partial charge is 0.398 e. The van der Waals surface area contributed by atoms with Gasteiger partial charge in [-0.25, -0.2) is 0 Å². The number of nitrogens with two attached hydrogens (primary N) is 2. The Morgan fingerprint density at radius 1 is 1.20 bits per heavy atom. The standard InChI is InChI=1S/C12H19N3/c13-11-8-4-3-7-10(11)12(15-14)9-5-1-2-6-9/h3-4,7-9,12,15H,1-2,5-6,13-14H2. The number of benzene rings is 1. The molecule has 1 fully saturated rings. The first-order chi connectivity index (χ1) is 7.33. The Bertz CT molecular complexity index is 318. The van der Waals surface area contributed by atoms with E-state index in [4.69, 9.17) is 11.6 Å². The summed E-state index contributed by atoms with van der Waals surface area (Å²) in [4.78, 5) is 0. The first kappa shape index (κ1) is 10.5. The van der Waals surface area contributed by atoms with Gasteiger partial charge in [0.15, 0.2) is 0 Å². The van der Waals surface area contributed by atoms with Crippen molar-refractivity contribution in [3.8, 4) is 0 Å². The maximum absolute atomic E-state index is 5.97. The molecule has 0 heterocycles. The minimum absolute atomic E-state index is 0.216. The van der Waals surface area contributed by atoms with E-state index in [0.717, 1.165) is 11.3 Å². The second-order valence-electron chi connectivity index (χ2n) is 4.32. The van der Waals surface area contributed by atoms with Gasteiger partial charge in [-0.2, -0.15) is 0 Å². The topological polar surface area (TPSA) is 64.1 Å². The number of hydrazine groups is 1. The first-order valence-corrected chi connectivity index (χ1v) is 5.63. The highest BCUT2D eigenvalue weighted by Crippen LogP contribution is 2.36. The molecule has 1 aromatic carbocycles. The molecule has 1 saturated carbocycles. The molecule has 3 heteroatoms. The normalized spacial score (nSPS) is 19.3. The third kappa shape index (κ3) is 2.13. The molecule has 1 atom stereocenters. The summed E-state index contributed by atoms with van der Waals surface area (Å²) in [5.41, 5.74) is 10.9. The lowest BCUT2D eigenvalue weighted by Gasteiger charge is -2.24. The van der Waals surface area contributed by atoms with E-state index in [0.29, 0.717) is 5.92 Å². The number of para-hydroxylation sites is 1. The summed E-state index contributed by atoms with van der Waals surface area (Å²) in [7, 11) is 0. The second-order valence-corrected chi connectivity index (χ2v) is 4.32. The minimum Gasteiger partial charge on any atom is -0.398 e. The Hall–Kier alpha value is -1.06. The van der Waals surface area contributed by atoms with Gasteiger partial charge in [0.05, 0.1) is 6.04 Å². The van der Waals surface area contributed by atoms with E-state index >= 15 is 0 Å². The van der Waals surface area contributed by atoms with E-state index in [2.05, 4.69) is 11.5 Å². The molecule has 3 nitrogen and oxygen atoms in total. The summed E-state index contributed by atoms with van der Waals surface area (Å²) in [6.07, 6.45) is 5.14. The van der Waals surface area contributed by atoms with Gasteiger partial charge in [0.2, 0.25) is 0 Å². The van der Waals surface area contributed by atoms with E-state index in [9.17, 15) is 0 Å². The third-order valence-corrected chi connectivity index (χ3v) is 3.38. The minimum atomic E-state index is 0.216. The van der Waals surface area contributed by atoms with Crippen LogP contribution in [0.3, 0.4) is 0 Å². The lowest BCUT2D eigenvalue weighted by molar-refractivity contribution is 0.374. The molecule has 2 rings (SSSR count). The van der Waals surface area contributed by atoms with Gasteiger partial charge in [-0.05, 0) is 30.4 Å². The van der Waals surface area contributed by atoms with Gasteiger partial charge in [0.25, 0.3) is 0 Å². The zero-order valence-corrected chi connectivity index (χ0v) is 8.95. The van der Waals surface area contributed by atoms with Crippen LogP contribution < -0.4 is 17.0 Å². The summed E-state index contributed by atoms with van der Waals surface area (Å²) < 4.78 is 0. The molecule has 0 spiro atoms. The molecular formula is C12H19N3. The van der Waals surface area contributed by atoms with Gasteiger partial charge in [-0.1, -0.05) is 31.0 Å². The van der Waals surface area contributed by atoms with Crippen LogP contribution in [0.1, 0.15) is 37.3 Å². The van der Waals surface area contributed by atoms with E-state index in [-0.39, 0.29) is 6.04 Å². The Morgan fingerprint density at radius 3 is 2.47 bits per heavy atom. The molecule has 1 aliphatic carbocycles. The smallest absolute Gasteiger partial charge is 0.0508 e. The number of anilines is 1. The van der Waals surface area contributed by atoms with Crippen LogP contribution in [0.4, 0.5) is 5.69 Å². The fourth-order valence-corrected chi connectivity index (χ4v) is 2.56. The highest BCUT2D eigenvalue weighted by Gasteiger charge is 2.26. The van der Waals surface area contributed by atoms with Crippen LogP contribution in [0.25, 0.3) is 0 Å². The Kier molecular flexibility index (Phi) is 3.23. The van der Waals surface area contributed by atoms with Crippen molar-refractivity contribution in [3.63, 3.8) is 0 Å². The summed E-state index contributed by atoms with van der Waals surface area (Å²) in [6.45, 7) is 0. The predicted octanol–water partition coefficient (Wildman–Crippen LogP) is 1.96. The molecule has 82 valence electrons. The number of rotatable bonds is 3. The van der Waals surface area contributed by atoms with Crippen LogP contribution in [0.15, 0.2) is 24.3 Å². The number of nitrogens with one attached hydrogen (secondary N) is 1. The molecule has 5 N–H and O–H groups in total. The Morgan fingerprint density at radius 2 is 1.87 bits per heavy atom. The summed E-state index contributed by atoms with van der Waals surface area (Å²) in [6, 6.07) is 8.20. The van der Waals surface area contributed by atoms with Gasteiger partial charge in [-0.15, -0.1) is 0 Å². The molecule has 1 unspecified atom stereocenters. The molecule has 0 saturated heterocycles. The Labute approximate surface area is 90.8 Å². The zero-order valence-electron chi connectivity index (χ0n) is 8.95. The summed E-state index contributed by atoms with van der Waals surface area (Å²) in [5, 5.41) is 0. The van der Waals surface area contributed by atoms with E-state index < -0.39 is 0 Å². The van der Waals surface area contributed by atoms with Crippen LogP contribution in [-0.2, 0) is 0 Å². The Balaban J connectivity index is 2.22. The van der Waals surface area contributed by atoms with E-state index in [1.165, 1.54) is 25.7 Å². The number of hydrogen-bond acceptors (Lipinski definition) is 3. The molecule has 0 aliphatic heterocycles. The lowest BCUT2D eigenvalue weighted by Crippen LogP contribution is -2.33. The van der Waals surface area contributed by atoms with Gasteiger partial charge >= 0.3 is 0 Å². The van der Waals surface area contributed by atoms with Crippen molar-refractivity contribution in [3.05, 3.63) is 29.8 Å². The first-order valence-electron chi connectivity index (χ1n) is 5.63. The molecule has 1 aromatic rings. The fraction of sp³-hybridized carbons (Fsp3) is 0.500. The van der Waals surface area contributed by atoms with Crippen LogP contribution in [0, 0.1) is 5.92 Å². The average Bonchev–Trinajstić information content (AvgIpc) is 2.75. The maximum atomic E-state index is 5.97. The van der Waals surface area contributed by atoms with Crippen LogP contribution in [0.2, 0.25) is 0 Å². The average molecular weight is 205 g/mol. The molecule has 0 amide bonds. The van der Waals surface area contributed by atoms with Crippen molar-refractivity contribution < 1.29 is 0 Å². The van der Waals surface area contributed by atoms with Gasteiger partial charge in [0.1, 0.15) is 0 Å². The highest BCUT2D eigenvalue weighted by atomic mass is 15.2. The molecular weight excluding hydrogens is 186 g/mol. The molecule has 0 aromatic heterocycles. The van der Waals surface area contributed by atoms with E-state index in [1.54, 1.807) is 0 Å². The highest BCUT2D eigenvalue weighted by molar-refractivity contribution is 5.48. The second kappa shape index (κ2) is 4.64. The molecule has 1 aliphatic rings. The number of hydrogen-bond donors (Lipinski definition) is 3. The van der Waals surface area contributed by atoms with Crippen molar-refractivity contribution in [1.29, 1.82) is 0 Å². The van der Waals surface area contributed by atoms with Crippen molar-refractivity contribution in [1.82, 2.24) is 5.43 Å². The lowest BCUT2D eigenvalue weighted by atomic mass is 9.91. The van der Waals surface area contributed by atoms with Crippen molar-refractivity contribution in [2.24, 2.45) is 11.8 Å². The fourth-order valence-electron chi connectivity index (χ4n) is 2.56. The molecule has 0 radical (unpaired) electrons. The van der Waals surface area contributed by atoms with Crippen LogP contribution >= 0.6 is 0 Å². The van der Waals surface area contributed by atoms with Gasteiger partial charge in [-0.3, -0.25) is 11.3 Å². The quantitative estimate of drug-likeness (QED) is 0.401. The van der Waals surface area contributed by atoms with Crippen LogP contribution in [-0.4, -0.2) is 0 Å². The van der Waals surface area contributed by atoms with Crippen molar-refractivity contribution in [2.45, 2.75) is 31.7 Å². The van der Waals surface area contributed by atoms with E-state index in [1.807, 2.05) is 18.2 Å². The number of nitrogen functional groups attached to an aromatic ring is 1.